The van der Waals surface area contributed by atoms with Gasteiger partial charge in [-0.15, -0.1) is 0 Å². The summed E-state index contributed by atoms with van der Waals surface area (Å²) in [5.41, 5.74) is 0. The first kappa shape index (κ1) is 18.0. The molecule has 6 heteroatoms. The molecule has 0 bridgehead atoms. The first-order valence-electron chi connectivity index (χ1n) is 7.90. The Morgan fingerprint density at radius 1 is 0.682 bits per heavy atom. The third kappa shape index (κ3) is 3.96. The lowest BCUT2D eigenvalue weighted by Crippen LogP contribution is -2.55. The van der Waals surface area contributed by atoms with Gasteiger partial charge in [-0.3, -0.25) is 8.67 Å². The van der Waals surface area contributed by atoms with E-state index in [2.05, 4.69) is 96.6 Å². The molecule has 0 aliphatic heterocycles. The maximum Gasteiger partial charge on any atom is 0.172 e. The molecule has 0 saturated heterocycles. The Balaban J connectivity index is 2.35. The maximum atomic E-state index is 11.4. The third-order valence-corrected chi connectivity index (χ3v) is 13.1. The van der Waals surface area contributed by atoms with E-state index in [4.69, 9.17) is 0 Å². The van der Waals surface area contributed by atoms with Crippen LogP contribution in [-0.4, -0.2) is 42.1 Å². The average molecular weight is 353 g/mol. The minimum absolute atomic E-state index is 0.232. The largest absolute Gasteiger partial charge is 0.348 e. The molecule has 1 N–H and O–H groups in total. The van der Waals surface area contributed by atoms with Gasteiger partial charge in [0.1, 0.15) is 16.5 Å². The van der Waals surface area contributed by atoms with Gasteiger partial charge in [-0.05, 0) is 0 Å². The molecule has 2 aliphatic carbocycles. The van der Waals surface area contributed by atoms with Crippen LogP contribution < -0.4 is 0 Å². The van der Waals surface area contributed by atoms with Crippen molar-refractivity contribution in [2.24, 2.45) is 0 Å². The summed E-state index contributed by atoms with van der Waals surface area (Å²) < 4.78 is 4.81. The van der Waals surface area contributed by atoms with Gasteiger partial charge in [-0.1, -0.05) is 87.9 Å². The lowest BCUT2D eigenvalue weighted by Gasteiger charge is -2.49. The summed E-state index contributed by atoms with van der Waals surface area (Å²) >= 11 is 0. The second-order valence-corrected chi connectivity index (χ2v) is 19.6. The fourth-order valence-corrected chi connectivity index (χ4v) is 11.2. The van der Waals surface area contributed by atoms with Crippen molar-refractivity contribution in [3.05, 3.63) is 48.6 Å². The summed E-state index contributed by atoms with van der Waals surface area (Å²) in [5.74, 6) is 0. The Labute approximate surface area is 138 Å². The SMILES string of the molecule is C[Si](C)(C)N(C1C=CC=C1)P(O)N(C1C=CC=C1)[Si](C)(C)C. The van der Waals surface area contributed by atoms with Crippen LogP contribution in [0.2, 0.25) is 39.3 Å². The van der Waals surface area contributed by atoms with Crippen LogP contribution in [0.3, 0.4) is 0 Å². The van der Waals surface area contributed by atoms with Gasteiger partial charge in [0, 0.05) is 12.1 Å². The highest BCUT2D eigenvalue weighted by Gasteiger charge is 2.43. The average Bonchev–Trinajstić information content (AvgIpc) is 2.98. The molecule has 0 aromatic rings. The fourth-order valence-electron chi connectivity index (χ4n) is 2.94. The summed E-state index contributed by atoms with van der Waals surface area (Å²) in [6.45, 7) is 13.9. The van der Waals surface area contributed by atoms with E-state index in [-0.39, 0.29) is 12.1 Å². The van der Waals surface area contributed by atoms with Gasteiger partial charge in [0.25, 0.3) is 0 Å². The van der Waals surface area contributed by atoms with E-state index in [1.165, 1.54) is 0 Å². The molecule has 0 aromatic heterocycles. The molecule has 0 aromatic carbocycles. The minimum atomic E-state index is -1.67. The lowest BCUT2D eigenvalue weighted by atomic mass is 10.4. The van der Waals surface area contributed by atoms with Crippen molar-refractivity contribution in [1.29, 1.82) is 0 Å². The summed E-state index contributed by atoms with van der Waals surface area (Å²) in [4.78, 5) is 11.4. The molecule has 2 rings (SSSR count). The molecule has 0 heterocycles. The predicted molar refractivity (Wildman–Crippen MR) is 104 cm³/mol. The first-order valence-corrected chi connectivity index (χ1v) is 16.0. The van der Waals surface area contributed by atoms with Gasteiger partial charge in [-0.25, -0.2) is 0 Å². The van der Waals surface area contributed by atoms with E-state index in [9.17, 15) is 4.89 Å². The summed E-state index contributed by atoms with van der Waals surface area (Å²) in [6.07, 6.45) is 17.2. The van der Waals surface area contributed by atoms with E-state index < -0.39 is 24.9 Å². The fraction of sp³-hybridized carbons (Fsp3) is 0.500. The monoisotopic (exact) mass is 352 g/mol. The molecule has 0 atom stereocenters. The molecular formula is C16H29N2OPSi2. The van der Waals surface area contributed by atoms with Crippen molar-refractivity contribution in [3.63, 3.8) is 0 Å². The van der Waals surface area contributed by atoms with E-state index in [0.29, 0.717) is 0 Å². The van der Waals surface area contributed by atoms with Gasteiger partial charge in [0.2, 0.25) is 0 Å². The van der Waals surface area contributed by atoms with E-state index in [0.717, 1.165) is 0 Å². The van der Waals surface area contributed by atoms with E-state index >= 15 is 0 Å². The van der Waals surface area contributed by atoms with Crippen LogP contribution in [-0.2, 0) is 0 Å². The van der Waals surface area contributed by atoms with Crippen LogP contribution in [0.5, 0.6) is 0 Å². The van der Waals surface area contributed by atoms with Crippen molar-refractivity contribution in [2.45, 2.75) is 51.4 Å². The van der Waals surface area contributed by atoms with Gasteiger partial charge < -0.3 is 4.89 Å². The quantitative estimate of drug-likeness (QED) is 0.564. The minimum Gasteiger partial charge on any atom is -0.348 e. The van der Waals surface area contributed by atoms with Crippen molar-refractivity contribution >= 4 is 24.9 Å². The molecule has 0 radical (unpaired) electrons. The van der Waals surface area contributed by atoms with Gasteiger partial charge in [0.15, 0.2) is 8.45 Å². The van der Waals surface area contributed by atoms with Crippen LogP contribution in [0.1, 0.15) is 0 Å². The second-order valence-electron chi connectivity index (χ2n) is 7.82. The number of hydrogen-bond acceptors (Lipinski definition) is 3. The molecule has 2 aliphatic rings. The molecule has 0 unspecified atom stereocenters. The smallest absolute Gasteiger partial charge is 0.172 e. The predicted octanol–water partition coefficient (Wildman–Crippen LogP) is 4.47. The van der Waals surface area contributed by atoms with Crippen molar-refractivity contribution in [2.75, 3.05) is 0 Å². The topological polar surface area (TPSA) is 26.7 Å². The molecule has 0 spiro atoms. The Hall–Kier alpha value is -0.296. The highest BCUT2D eigenvalue weighted by molar-refractivity contribution is 7.51. The number of hydrogen-bond donors (Lipinski definition) is 1. The van der Waals surface area contributed by atoms with Crippen LogP contribution in [0.4, 0.5) is 0 Å². The zero-order valence-electron chi connectivity index (χ0n) is 14.6. The first-order chi connectivity index (χ1) is 10.1. The molecule has 0 fully saturated rings. The van der Waals surface area contributed by atoms with Crippen molar-refractivity contribution in [1.82, 2.24) is 8.67 Å². The molecule has 0 amide bonds. The van der Waals surface area contributed by atoms with Crippen molar-refractivity contribution < 1.29 is 4.89 Å². The summed E-state index contributed by atoms with van der Waals surface area (Å²) in [5, 5.41) is 0. The Bertz CT molecular complexity index is 447. The van der Waals surface area contributed by atoms with Crippen LogP contribution in [0.15, 0.2) is 48.6 Å². The summed E-state index contributed by atoms with van der Waals surface area (Å²) in [6, 6.07) is 0.465. The number of rotatable bonds is 6. The molecule has 0 saturated carbocycles. The normalized spacial score (nSPS) is 19.7. The highest BCUT2D eigenvalue weighted by atomic mass is 31.2. The van der Waals surface area contributed by atoms with Crippen LogP contribution in [0.25, 0.3) is 0 Å². The van der Waals surface area contributed by atoms with E-state index in [1.54, 1.807) is 0 Å². The van der Waals surface area contributed by atoms with E-state index in [1.807, 2.05) is 0 Å². The third-order valence-electron chi connectivity index (χ3n) is 3.78. The van der Waals surface area contributed by atoms with Crippen molar-refractivity contribution in [3.8, 4) is 0 Å². The Morgan fingerprint density at radius 3 is 1.18 bits per heavy atom. The molecule has 122 valence electrons. The Kier molecular flexibility index (Phi) is 5.48. The molecule has 3 nitrogen and oxygen atoms in total. The van der Waals surface area contributed by atoms with Gasteiger partial charge in [0.05, 0.1) is 0 Å². The summed E-state index contributed by atoms with van der Waals surface area (Å²) in [7, 11) is -4.65. The zero-order valence-corrected chi connectivity index (χ0v) is 17.5. The number of allylic oxidation sites excluding steroid dienone is 4. The maximum absolute atomic E-state index is 11.4. The van der Waals surface area contributed by atoms with Crippen LogP contribution >= 0.6 is 8.45 Å². The zero-order chi connectivity index (χ0) is 16.5. The second kappa shape index (κ2) is 6.67. The van der Waals surface area contributed by atoms with Gasteiger partial charge in [-0.2, -0.15) is 0 Å². The number of nitrogens with zero attached hydrogens (tertiary/aromatic N) is 2. The standard InChI is InChI=1S/C16H29N2OPSi2/c1-21(2,3)17(15-11-7-8-12-15)20(19)18(22(4,5)6)16-13-9-10-14-16/h7-16,19H,1-6H3. The Morgan fingerprint density at radius 2 is 0.955 bits per heavy atom. The molecular weight excluding hydrogens is 323 g/mol. The van der Waals surface area contributed by atoms with Crippen LogP contribution in [0, 0.1) is 0 Å². The van der Waals surface area contributed by atoms with Gasteiger partial charge >= 0.3 is 0 Å². The highest BCUT2D eigenvalue weighted by Crippen LogP contribution is 2.50. The lowest BCUT2D eigenvalue weighted by molar-refractivity contribution is 0.446. The molecule has 22 heavy (non-hydrogen) atoms.